The Kier molecular flexibility index (Phi) is 3.35. The van der Waals surface area contributed by atoms with Gasteiger partial charge in [-0.25, -0.2) is 14.2 Å². The van der Waals surface area contributed by atoms with E-state index in [9.17, 15) is 9.18 Å². The molecule has 0 saturated carbocycles. The number of rotatable bonds is 2. The van der Waals surface area contributed by atoms with Crippen molar-refractivity contribution in [1.29, 1.82) is 0 Å². The van der Waals surface area contributed by atoms with Crippen molar-refractivity contribution in [2.75, 3.05) is 0 Å². The van der Waals surface area contributed by atoms with Crippen molar-refractivity contribution in [3.8, 4) is 0 Å². The SMILES string of the molecule is O=C(O)/C=C/c1nc(I)ccc1F. The van der Waals surface area contributed by atoms with Crippen LogP contribution in [0.2, 0.25) is 0 Å². The second-order valence-electron chi connectivity index (χ2n) is 2.17. The monoisotopic (exact) mass is 293 g/mol. The molecule has 0 aliphatic heterocycles. The molecule has 13 heavy (non-hydrogen) atoms. The molecular formula is C8H5FINO2. The topological polar surface area (TPSA) is 50.2 Å². The fourth-order valence-electron chi connectivity index (χ4n) is 0.700. The molecule has 1 heterocycles. The lowest BCUT2D eigenvalue weighted by atomic mass is 10.3. The quantitative estimate of drug-likeness (QED) is 0.515. The molecule has 0 atom stereocenters. The Labute approximate surface area is 87.4 Å². The molecule has 0 bridgehead atoms. The molecule has 0 radical (unpaired) electrons. The predicted molar refractivity (Wildman–Crippen MR) is 53.6 cm³/mol. The van der Waals surface area contributed by atoms with Crippen molar-refractivity contribution >= 4 is 34.6 Å². The Morgan fingerprint density at radius 1 is 1.62 bits per heavy atom. The highest BCUT2D eigenvalue weighted by atomic mass is 127. The van der Waals surface area contributed by atoms with Crippen LogP contribution in [-0.2, 0) is 4.79 Å². The Morgan fingerprint density at radius 2 is 2.31 bits per heavy atom. The zero-order chi connectivity index (χ0) is 9.84. The molecule has 3 nitrogen and oxygen atoms in total. The van der Waals surface area contributed by atoms with Crippen molar-refractivity contribution in [3.05, 3.63) is 33.4 Å². The summed E-state index contributed by atoms with van der Waals surface area (Å²) in [6.45, 7) is 0. The van der Waals surface area contributed by atoms with Gasteiger partial charge in [0.25, 0.3) is 0 Å². The van der Waals surface area contributed by atoms with Crippen LogP contribution < -0.4 is 0 Å². The highest BCUT2D eigenvalue weighted by Crippen LogP contribution is 2.09. The predicted octanol–water partition coefficient (Wildman–Crippen LogP) is 1.92. The maximum Gasteiger partial charge on any atom is 0.328 e. The fourth-order valence-corrected chi connectivity index (χ4v) is 1.14. The van der Waals surface area contributed by atoms with Crippen molar-refractivity contribution in [1.82, 2.24) is 4.98 Å². The van der Waals surface area contributed by atoms with Gasteiger partial charge in [0.2, 0.25) is 0 Å². The van der Waals surface area contributed by atoms with Crippen LogP contribution in [0, 0.1) is 9.52 Å². The Balaban J connectivity index is 3.00. The van der Waals surface area contributed by atoms with Crippen LogP contribution in [0.5, 0.6) is 0 Å². The average Bonchev–Trinajstić information content (AvgIpc) is 2.06. The third-order valence-electron chi connectivity index (χ3n) is 1.22. The van der Waals surface area contributed by atoms with Gasteiger partial charge in [-0.05, 0) is 40.8 Å². The van der Waals surface area contributed by atoms with Gasteiger partial charge >= 0.3 is 5.97 Å². The second-order valence-corrected chi connectivity index (χ2v) is 3.28. The second kappa shape index (κ2) is 4.31. The normalized spacial score (nSPS) is 10.6. The lowest BCUT2D eigenvalue weighted by Gasteiger charge is -1.95. The van der Waals surface area contributed by atoms with Crippen LogP contribution in [0.25, 0.3) is 6.08 Å². The summed E-state index contributed by atoms with van der Waals surface area (Å²) in [5.74, 6) is -1.65. The zero-order valence-electron chi connectivity index (χ0n) is 6.37. The van der Waals surface area contributed by atoms with E-state index in [1.54, 1.807) is 0 Å². The summed E-state index contributed by atoms with van der Waals surface area (Å²) in [5.41, 5.74) is 0.0364. The molecule has 68 valence electrons. The summed E-state index contributed by atoms with van der Waals surface area (Å²) in [4.78, 5) is 13.9. The molecular weight excluding hydrogens is 288 g/mol. The molecule has 0 aliphatic carbocycles. The first-order valence-electron chi connectivity index (χ1n) is 3.32. The molecule has 0 aromatic carbocycles. The van der Waals surface area contributed by atoms with Crippen molar-refractivity contribution in [2.45, 2.75) is 0 Å². The molecule has 0 aliphatic rings. The van der Waals surface area contributed by atoms with Crippen LogP contribution >= 0.6 is 22.6 Å². The third-order valence-corrected chi connectivity index (χ3v) is 1.82. The number of carboxylic acids is 1. The van der Waals surface area contributed by atoms with Crippen LogP contribution in [0.15, 0.2) is 18.2 Å². The summed E-state index contributed by atoms with van der Waals surface area (Å²) in [6, 6.07) is 2.75. The van der Waals surface area contributed by atoms with Gasteiger partial charge in [-0.1, -0.05) is 0 Å². The summed E-state index contributed by atoms with van der Waals surface area (Å²) >= 11 is 1.92. The van der Waals surface area contributed by atoms with E-state index >= 15 is 0 Å². The van der Waals surface area contributed by atoms with E-state index in [-0.39, 0.29) is 5.69 Å². The Bertz CT molecular complexity index is 365. The van der Waals surface area contributed by atoms with Crippen molar-refractivity contribution in [3.63, 3.8) is 0 Å². The van der Waals surface area contributed by atoms with E-state index < -0.39 is 11.8 Å². The average molecular weight is 293 g/mol. The third kappa shape index (κ3) is 3.10. The van der Waals surface area contributed by atoms with Crippen molar-refractivity contribution < 1.29 is 14.3 Å². The van der Waals surface area contributed by atoms with Gasteiger partial charge in [0.1, 0.15) is 15.2 Å². The Hall–Kier alpha value is -0.980. The van der Waals surface area contributed by atoms with E-state index in [1.165, 1.54) is 12.1 Å². The number of halogens is 2. The minimum Gasteiger partial charge on any atom is -0.478 e. The molecule has 0 saturated heterocycles. The molecule has 1 aromatic rings. The van der Waals surface area contributed by atoms with Gasteiger partial charge in [0.15, 0.2) is 0 Å². The van der Waals surface area contributed by atoms with Crippen LogP contribution in [0.4, 0.5) is 4.39 Å². The largest absolute Gasteiger partial charge is 0.478 e. The van der Waals surface area contributed by atoms with E-state index in [2.05, 4.69) is 4.98 Å². The number of aromatic nitrogens is 1. The summed E-state index contributed by atoms with van der Waals surface area (Å²) < 4.78 is 13.5. The number of nitrogens with zero attached hydrogens (tertiary/aromatic N) is 1. The number of pyridine rings is 1. The number of hydrogen-bond acceptors (Lipinski definition) is 2. The van der Waals surface area contributed by atoms with Gasteiger partial charge in [-0.2, -0.15) is 0 Å². The highest BCUT2D eigenvalue weighted by molar-refractivity contribution is 14.1. The first-order valence-corrected chi connectivity index (χ1v) is 4.40. The number of carboxylic acid groups (broad SMARTS) is 1. The first kappa shape index (κ1) is 10.1. The maximum absolute atomic E-state index is 12.9. The Morgan fingerprint density at radius 3 is 2.92 bits per heavy atom. The molecule has 0 spiro atoms. The maximum atomic E-state index is 12.9. The zero-order valence-corrected chi connectivity index (χ0v) is 8.53. The van der Waals surface area contributed by atoms with Gasteiger partial charge in [0, 0.05) is 6.08 Å². The van der Waals surface area contributed by atoms with Crippen LogP contribution in [0.3, 0.4) is 0 Å². The molecule has 1 rings (SSSR count). The lowest BCUT2D eigenvalue weighted by molar-refractivity contribution is -0.131. The van der Waals surface area contributed by atoms with Crippen LogP contribution in [-0.4, -0.2) is 16.1 Å². The van der Waals surface area contributed by atoms with E-state index in [1.807, 2.05) is 22.6 Å². The number of hydrogen-bond donors (Lipinski definition) is 1. The van der Waals surface area contributed by atoms with E-state index in [0.29, 0.717) is 3.70 Å². The number of aliphatic carboxylic acids is 1. The van der Waals surface area contributed by atoms with Gasteiger partial charge < -0.3 is 5.11 Å². The minimum absolute atomic E-state index is 0.0364. The van der Waals surface area contributed by atoms with E-state index in [4.69, 9.17) is 5.11 Å². The van der Waals surface area contributed by atoms with Crippen molar-refractivity contribution in [2.24, 2.45) is 0 Å². The molecule has 0 amide bonds. The molecule has 0 fully saturated rings. The lowest BCUT2D eigenvalue weighted by Crippen LogP contribution is -1.92. The summed E-state index contributed by atoms with van der Waals surface area (Å²) in [5, 5.41) is 8.30. The standard InChI is InChI=1S/C8H5FINO2/c9-5-1-3-7(10)11-6(5)2-4-8(12)13/h1-4H,(H,12,13)/b4-2+. The van der Waals surface area contributed by atoms with Gasteiger partial charge in [-0.15, -0.1) is 0 Å². The minimum atomic E-state index is -1.12. The number of carbonyl (C=O) groups is 1. The van der Waals surface area contributed by atoms with Gasteiger partial charge in [0.05, 0.1) is 0 Å². The first-order chi connectivity index (χ1) is 6.09. The highest BCUT2D eigenvalue weighted by Gasteiger charge is 2.00. The molecule has 1 aromatic heterocycles. The van der Waals surface area contributed by atoms with Gasteiger partial charge in [-0.3, -0.25) is 0 Å². The smallest absolute Gasteiger partial charge is 0.328 e. The fraction of sp³-hybridized carbons (Fsp3) is 0. The van der Waals surface area contributed by atoms with Crippen LogP contribution in [0.1, 0.15) is 5.69 Å². The molecule has 0 unspecified atom stereocenters. The summed E-state index contributed by atoms with van der Waals surface area (Å²) in [7, 11) is 0. The molecule has 1 N–H and O–H groups in total. The van der Waals surface area contributed by atoms with E-state index in [0.717, 1.165) is 12.2 Å². The summed E-state index contributed by atoms with van der Waals surface area (Å²) in [6.07, 6.45) is 1.97. The molecule has 5 heteroatoms.